The molecule has 0 heterocycles. The van der Waals surface area contributed by atoms with E-state index in [1.54, 1.807) is 20.8 Å². The third-order valence-corrected chi connectivity index (χ3v) is 4.12. The fourth-order valence-electron chi connectivity index (χ4n) is 2.70. The lowest BCUT2D eigenvalue weighted by Gasteiger charge is -2.22. The summed E-state index contributed by atoms with van der Waals surface area (Å²) >= 11 is 0. The zero-order chi connectivity index (χ0) is 22.1. The molecular formula is C24H29NO5. The number of carbonyl (C=O) groups excluding carboxylic acids is 1. The SMILES string of the molecule is C/C(=C/C(Cc1ccc(OCc2ccccc2)cc1)NC(=O)OC(C)(C)C)C(=O)O. The highest BCUT2D eigenvalue weighted by Crippen LogP contribution is 2.16. The van der Waals surface area contributed by atoms with Crippen LogP contribution in [0.15, 0.2) is 66.2 Å². The van der Waals surface area contributed by atoms with E-state index in [4.69, 9.17) is 9.47 Å². The van der Waals surface area contributed by atoms with Gasteiger partial charge >= 0.3 is 12.1 Å². The highest BCUT2D eigenvalue weighted by atomic mass is 16.6. The van der Waals surface area contributed by atoms with Crippen molar-refractivity contribution in [3.8, 4) is 5.75 Å². The van der Waals surface area contributed by atoms with Crippen molar-refractivity contribution in [1.29, 1.82) is 0 Å². The first-order valence-electron chi connectivity index (χ1n) is 9.79. The largest absolute Gasteiger partial charge is 0.489 e. The molecule has 0 fully saturated rings. The monoisotopic (exact) mass is 411 g/mol. The van der Waals surface area contributed by atoms with Crippen LogP contribution in [-0.4, -0.2) is 28.8 Å². The number of aliphatic carboxylic acids is 1. The van der Waals surface area contributed by atoms with E-state index < -0.39 is 23.7 Å². The predicted molar refractivity (Wildman–Crippen MR) is 115 cm³/mol. The molecule has 2 aromatic rings. The van der Waals surface area contributed by atoms with Crippen molar-refractivity contribution in [3.05, 3.63) is 77.4 Å². The lowest BCUT2D eigenvalue weighted by atomic mass is 10.0. The van der Waals surface area contributed by atoms with Gasteiger partial charge in [0, 0.05) is 5.57 Å². The summed E-state index contributed by atoms with van der Waals surface area (Å²) in [5.41, 5.74) is 1.52. The van der Waals surface area contributed by atoms with Gasteiger partial charge in [0.05, 0.1) is 6.04 Å². The van der Waals surface area contributed by atoms with Gasteiger partial charge in [-0.05, 0) is 57.4 Å². The van der Waals surface area contributed by atoms with E-state index in [1.807, 2.05) is 54.6 Å². The summed E-state index contributed by atoms with van der Waals surface area (Å²) in [6, 6.07) is 16.9. The smallest absolute Gasteiger partial charge is 0.408 e. The zero-order valence-corrected chi connectivity index (χ0v) is 17.8. The van der Waals surface area contributed by atoms with Crippen LogP contribution in [-0.2, 0) is 22.6 Å². The van der Waals surface area contributed by atoms with Crippen LogP contribution in [0.25, 0.3) is 0 Å². The van der Waals surface area contributed by atoms with Crippen LogP contribution in [0.1, 0.15) is 38.8 Å². The molecule has 2 aromatic carbocycles. The maximum atomic E-state index is 12.2. The Bertz CT molecular complexity index is 867. The Morgan fingerprint density at radius 1 is 1.03 bits per heavy atom. The summed E-state index contributed by atoms with van der Waals surface area (Å²) in [5, 5.41) is 11.9. The fraction of sp³-hybridized carbons (Fsp3) is 0.333. The molecule has 160 valence electrons. The third kappa shape index (κ3) is 8.39. The summed E-state index contributed by atoms with van der Waals surface area (Å²) in [7, 11) is 0. The lowest BCUT2D eigenvalue weighted by molar-refractivity contribution is -0.132. The van der Waals surface area contributed by atoms with Crippen LogP contribution >= 0.6 is 0 Å². The molecule has 1 amide bonds. The van der Waals surface area contributed by atoms with Crippen LogP contribution in [0.2, 0.25) is 0 Å². The van der Waals surface area contributed by atoms with E-state index in [-0.39, 0.29) is 5.57 Å². The highest BCUT2D eigenvalue weighted by Gasteiger charge is 2.19. The maximum Gasteiger partial charge on any atom is 0.408 e. The number of carboxylic acid groups (broad SMARTS) is 1. The van der Waals surface area contributed by atoms with E-state index >= 15 is 0 Å². The summed E-state index contributed by atoms with van der Waals surface area (Å²) in [6.07, 6.45) is 1.35. The van der Waals surface area contributed by atoms with Crippen LogP contribution in [0, 0.1) is 0 Å². The van der Waals surface area contributed by atoms with Gasteiger partial charge in [-0.25, -0.2) is 9.59 Å². The molecule has 0 spiro atoms. The van der Waals surface area contributed by atoms with Crippen LogP contribution in [0.3, 0.4) is 0 Å². The molecule has 2 N–H and O–H groups in total. The number of alkyl carbamates (subject to hydrolysis) is 1. The van der Waals surface area contributed by atoms with Gasteiger partial charge in [0.2, 0.25) is 0 Å². The predicted octanol–water partition coefficient (Wildman–Crippen LogP) is 4.73. The molecule has 0 radical (unpaired) electrons. The molecule has 6 heteroatoms. The topological polar surface area (TPSA) is 84.9 Å². The Morgan fingerprint density at radius 3 is 2.23 bits per heavy atom. The van der Waals surface area contributed by atoms with Gasteiger partial charge < -0.3 is 19.9 Å². The van der Waals surface area contributed by atoms with Crippen molar-refractivity contribution in [2.45, 2.75) is 52.4 Å². The number of carbonyl (C=O) groups is 2. The standard InChI is InChI=1S/C24H29NO5/c1-17(22(26)27)14-20(25-23(28)30-24(2,3)4)15-18-10-12-21(13-11-18)29-16-19-8-6-5-7-9-19/h5-14,20H,15-16H2,1-4H3,(H,25,28)(H,26,27)/b17-14-. The Kier molecular flexibility index (Phi) is 8.04. The molecule has 0 bridgehead atoms. The minimum atomic E-state index is -1.03. The normalized spacial score (nSPS) is 12.7. The van der Waals surface area contributed by atoms with Gasteiger partial charge in [-0.3, -0.25) is 0 Å². The maximum absolute atomic E-state index is 12.2. The van der Waals surface area contributed by atoms with Crippen molar-refractivity contribution < 1.29 is 24.2 Å². The molecule has 0 aliphatic heterocycles. The Morgan fingerprint density at radius 2 is 1.67 bits per heavy atom. The number of rotatable bonds is 8. The molecule has 0 saturated carbocycles. The number of amides is 1. The summed E-state index contributed by atoms with van der Waals surface area (Å²) in [5.74, 6) is -0.299. The van der Waals surface area contributed by atoms with Gasteiger partial charge in [-0.1, -0.05) is 48.5 Å². The summed E-state index contributed by atoms with van der Waals surface area (Å²) < 4.78 is 11.1. The third-order valence-electron chi connectivity index (χ3n) is 4.12. The Hall–Kier alpha value is -3.28. The van der Waals surface area contributed by atoms with Gasteiger partial charge in [0.15, 0.2) is 0 Å². The molecule has 30 heavy (non-hydrogen) atoms. The van der Waals surface area contributed by atoms with Crippen molar-refractivity contribution in [2.24, 2.45) is 0 Å². The van der Waals surface area contributed by atoms with E-state index in [0.29, 0.717) is 13.0 Å². The second kappa shape index (κ2) is 10.5. The van der Waals surface area contributed by atoms with Crippen molar-refractivity contribution in [1.82, 2.24) is 5.32 Å². The van der Waals surface area contributed by atoms with Crippen molar-refractivity contribution in [3.63, 3.8) is 0 Å². The van der Waals surface area contributed by atoms with Gasteiger partial charge in [-0.15, -0.1) is 0 Å². The molecule has 0 aromatic heterocycles. The second-order valence-electron chi connectivity index (χ2n) is 8.03. The number of carboxylic acids is 1. The average Bonchev–Trinajstić information content (AvgIpc) is 2.66. The number of ether oxygens (including phenoxy) is 2. The van der Waals surface area contributed by atoms with Crippen LogP contribution < -0.4 is 10.1 Å². The first-order valence-corrected chi connectivity index (χ1v) is 9.79. The zero-order valence-electron chi connectivity index (χ0n) is 17.8. The van der Waals surface area contributed by atoms with Gasteiger partial charge in [-0.2, -0.15) is 0 Å². The Labute approximate surface area is 177 Å². The van der Waals surface area contributed by atoms with Gasteiger partial charge in [0.1, 0.15) is 18.0 Å². The number of hydrogen-bond acceptors (Lipinski definition) is 4. The summed E-state index contributed by atoms with van der Waals surface area (Å²) in [6.45, 7) is 7.28. The van der Waals surface area contributed by atoms with Crippen molar-refractivity contribution in [2.75, 3.05) is 0 Å². The molecule has 1 unspecified atom stereocenters. The molecular weight excluding hydrogens is 382 g/mol. The molecule has 0 aliphatic carbocycles. The molecule has 2 rings (SSSR count). The van der Waals surface area contributed by atoms with Crippen LogP contribution in [0.5, 0.6) is 5.75 Å². The minimum Gasteiger partial charge on any atom is -0.489 e. The second-order valence-corrected chi connectivity index (χ2v) is 8.03. The van der Waals surface area contributed by atoms with E-state index in [2.05, 4.69) is 5.32 Å². The fourth-order valence-corrected chi connectivity index (χ4v) is 2.70. The molecule has 1 atom stereocenters. The van der Waals surface area contributed by atoms with Crippen molar-refractivity contribution >= 4 is 12.1 Å². The van der Waals surface area contributed by atoms with E-state index in [9.17, 15) is 14.7 Å². The quantitative estimate of drug-likeness (QED) is 0.613. The first-order chi connectivity index (χ1) is 14.1. The first kappa shape index (κ1) is 23.0. The summed E-state index contributed by atoms with van der Waals surface area (Å²) in [4.78, 5) is 23.4. The molecule has 0 saturated heterocycles. The molecule has 6 nitrogen and oxygen atoms in total. The van der Waals surface area contributed by atoms with Gasteiger partial charge in [0.25, 0.3) is 0 Å². The average molecular weight is 411 g/mol. The van der Waals surface area contributed by atoms with Crippen LogP contribution in [0.4, 0.5) is 4.79 Å². The number of benzene rings is 2. The van der Waals surface area contributed by atoms with E-state index in [1.165, 1.54) is 13.0 Å². The lowest BCUT2D eigenvalue weighted by Crippen LogP contribution is -2.39. The minimum absolute atomic E-state index is 0.152. The Balaban J connectivity index is 2.03. The highest BCUT2D eigenvalue weighted by molar-refractivity contribution is 5.86. The number of hydrogen-bond donors (Lipinski definition) is 2. The molecule has 0 aliphatic rings. The number of nitrogens with one attached hydrogen (secondary N) is 1. The van der Waals surface area contributed by atoms with E-state index in [0.717, 1.165) is 16.9 Å².